The Labute approximate surface area is 124 Å². The van der Waals surface area contributed by atoms with Crippen molar-refractivity contribution in [2.45, 2.75) is 45.2 Å². The zero-order chi connectivity index (χ0) is 15.2. The fourth-order valence-electron chi connectivity index (χ4n) is 2.84. The topological polar surface area (TPSA) is 78.8 Å². The van der Waals surface area contributed by atoms with Gasteiger partial charge >= 0.3 is 5.97 Å². The molecule has 0 saturated heterocycles. The minimum atomic E-state index is -0.706. The van der Waals surface area contributed by atoms with Crippen molar-refractivity contribution in [3.63, 3.8) is 0 Å². The summed E-state index contributed by atoms with van der Waals surface area (Å²) in [5, 5.41) is 22.6. The Kier molecular flexibility index (Phi) is 5.44. The van der Waals surface area contributed by atoms with Gasteiger partial charge in [-0.3, -0.25) is 4.79 Å². The number of phenolic OH excluding ortho intramolecular Hbond substituents is 1. The molecule has 1 aromatic carbocycles. The van der Waals surface area contributed by atoms with E-state index in [-0.39, 0.29) is 17.7 Å². The molecule has 5 heteroatoms. The lowest BCUT2D eigenvalue weighted by molar-refractivity contribution is -0.143. The second-order valence-electron chi connectivity index (χ2n) is 5.48. The normalized spacial score (nSPS) is 22.0. The number of carboxylic acid groups (broad SMARTS) is 1. The summed E-state index contributed by atoms with van der Waals surface area (Å²) < 4.78 is 5.36. The molecule has 1 aliphatic rings. The van der Waals surface area contributed by atoms with Crippen LogP contribution in [-0.2, 0) is 11.3 Å². The summed E-state index contributed by atoms with van der Waals surface area (Å²) in [5.74, 6) is -0.302. The molecule has 21 heavy (non-hydrogen) atoms. The van der Waals surface area contributed by atoms with Gasteiger partial charge in [-0.05, 0) is 32.3 Å². The Morgan fingerprint density at radius 1 is 1.43 bits per heavy atom. The van der Waals surface area contributed by atoms with Crippen molar-refractivity contribution in [3.05, 3.63) is 23.8 Å². The van der Waals surface area contributed by atoms with E-state index in [4.69, 9.17) is 9.84 Å². The van der Waals surface area contributed by atoms with Crippen molar-refractivity contribution in [2.24, 2.45) is 5.92 Å². The van der Waals surface area contributed by atoms with Crippen LogP contribution in [0.25, 0.3) is 0 Å². The number of benzene rings is 1. The van der Waals surface area contributed by atoms with Crippen LogP contribution in [0.5, 0.6) is 11.5 Å². The number of carbonyl (C=O) groups is 1. The van der Waals surface area contributed by atoms with Gasteiger partial charge in [-0.1, -0.05) is 18.6 Å². The molecular formula is C16H23NO4. The fourth-order valence-corrected chi connectivity index (χ4v) is 2.84. The average molecular weight is 293 g/mol. The molecule has 116 valence electrons. The van der Waals surface area contributed by atoms with Gasteiger partial charge in [0, 0.05) is 18.2 Å². The smallest absolute Gasteiger partial charge is 0.306 e. The van der Waals surface area contributed by atoms with Gasteiger partial charge in [-0.2, -0.15) is 0 Å². The minimum Gasteiger partial charge on any atom is -0.504 e. The first kappa shape index (κ1) is 15.6. The molecule has 0 aromatic heterocycles. The highest BCUT2D eigenvalue weighted by molar-refractivity contribution is 5.70. The number of hydrogen-bond donors (Lipinski definition) is 3. The number of hydrogen-bond acceptors (Lipinski definition) is 4. The first-order valence-corrected chi connectivity index (χ1v) is 7.51. The van der Waals surface area contributed by atoms with Gasteiger partial charge in [0.15, 0.2) is 11.5 Å². The lowest BCUT2D eigenvalue weighted by Crippen LogP contribution is -2.36. The number of nitrogens with one attached hydrogen (secondary N) is 1. The molecular weight excluding hydrogens is 270 g/mol. The zero-order valence-electron chi connectivity index (χ0n) is 12.3. The van der Waals surface area contributed by atoms with Crippen LogP contribution in [0.1, 0.15) is 38.2 Å². The number of para-hydroxylation sites is 1. The molecule has 2 atom stereocenters. The third kappa shape index (κ3) is 4.11. The molecule has 5 nitrogen and oxygen atoms in total. The van der Waals surface area contributed by atoms with E-state index in [0.29, 0.717) is 25.3 Å². The fraction of sp³-hybridized carbons (Fsp3) is 0.562. The molecule has 2 rings (SSSR count). The molecule has 1 saturated carbocycles. The van der Waals surface area contributed by atoms with Crippen LogP contribution in [0.4, 0.5) is 0 Å². The van der Waals surface area contributed by atoms with E-state index in [1.807, 2.05) is 19.1 Å². The molecule has 3 N–H and O–H groups in total. The molecule has 1 aliphatic carbocycles. The third-order valence-corrected chi connectivity index (χ3v) is 3.99. The second kappa shape index (κ2) is 7.31. The summed E-state index contributed by atoms with van der Waals surface area (Å²) in [5.41, 5.74) is 0.776. The van der Waals surface area contributed by atoms with Gasteiger partial charge < -0.3 is 20.3 Å². The van der Waals surface area contributed by atoms with Crippen molar-refractivity contribution >= 4 is 5.97 Å². The van der Waals surface area contributed by atoms with Crippen LogP contribution < -0.4 is 10.1 Å². The second-order valence-corrected chi connectivity index (χ2v) is 5.48. The summed E-state index contributed by atoms with van der Waals surface area (Å²) >= 11 is 0. The first-order valence-electron chi connectivity index (χ1n) is 7.51. The zero-order valence-corrected chi connectivity index (χ0v) is 12.3. The van der Waals surface area contributed by atoms with Crippen LogP contribution in [0.15, 0.2) is 18.2 Å². The summed E-state index contributed by atoms with van der Waals surface area (Å²) in [6.07, 6.45) is 3.33. The molecule has 2 unspecified atom stereocenters. The maximum atomic E-state index is 11.1. The van der Waals surface area contributed by atoms with Crippen molar-refractivity contribution in [1.29, 1.82) is 0 Å². The largest absolute Gasteiger partial charge is 0.504 e. The van der Waals surface area contributed by atoms with Gasteiger partial charge in [0.05, 0.1) is 12.5 Å². The van der Waals surface area contributed by atoms with Crippen molar-refractivity contribution in [1.82, 2.24) is 5.32 Å². The quantitative estimate of drug-likeness (QED) is 0.751. The maximum Gasteiger partial charge on any atom is 0.306 e. The van der Waals surface area contributed by atoms with E-state index in [2.05, 4.69) is 5.32 Å². The standard InChI is InChI=1S/C16H23NO4/c1-2-21-14-8-4-6-12(15(14)18)10-17-13-7-3-5-11(9-13)16(19)20/h4,6,8,11,13,17-18H,2-3,5,7,9-10H2,1H3,(H,19,20). The SMILES string of the molecule is CCOc1cccc(CNC2CCCC(C(=O)O)C2)c1O. The maximum absolute atomic E-state index is 11.1. The Hall–Kier alpha value is -1.75. The van der Waals surface area contributed by atoms with E-state index in [0.717, 1.165) is 24.8 Å². The van der Waals surface area contributed by atoms with Crippen LogP contribution in [-0.4, -0.2) is 28.8 Å². The van der Waals surface area contributed by atoms with Crippen molar-refractivity contribution in [2.75, 3.05) is 6.61 Å². The van der Waals surface area contributed by atoms with Gasteiger partial charge in [-0.15, -0.1) is 0 Å². The van der Waals surface area contributed by atoms with Gasteiger partial charge in [0.25, 0.3) is 0 Å². The van der Waals surface area contributed by atoms with E-state index < -0.39 is 5.97 Å². The van der Waals surface area contributed by atoms with Gasteiger partial charge in [-0.25, -0.2) is 0 Å². The highest BCUT2D eigenvalue weighted by Gasteiger charge is 2.26. The minimum absolute atomic E-state index is 0.164. The number of carboxylic acids is 1. The molecule has 0 aliphatic heterocycles. The van der Waals surface area contributed by atoms with Gasteiger partial charge in [0.1, 0.15) is 0 Å². The van der Waals surface area contributed by atoms with E-state index in [1.54, 1.807) is 6.07 Å². The Balaban J connectivity index is 1.93. The third-order valence-electron chi connectivity index (χ3n) is 3.99. The highest BCUT2D eigenvalue weighted by atomic mass is 16.5. The lowest BCUT2D eigenvalue weighted by atomic mass is 9.86. The Morgan fingerprint density at radius 2 is 2.24 bits per heavy atom. The van der Waals surface area contributed by atoms with Gasteiger partial charge in [0.2, 0.25) is 0 Å². The summed E-state index contributed by atoms with van der Waals surface area (Å²) in [7, 11) is 0. The highest BCUT2D eigenvalue weighted by Crippen LogP contribution is 2.30. The summed E-state index contributed by atoms with van der Waals surface area (Å²) in [6, 6.07) is 5.63. The van der Waals surface area contributed by atoms with Crippen molar-refractivity contribution < 1.29 is 19.7 Å². The molecule has 0 spiro atoms. The van der Waals surface area contributed by atoms with Crippen molar-refractivity contribution in [3.8, 4) is 11.5 Å². The van der Waals surface area contributed by atoms with E-state index in [1.165, 1.54) is 0 Å². The number of aliphatic carboxylic acids is 1. The molecule has 0 radical (unpaired) electrons. The molecule has 1 fully saturated rings. The summed E-state index contributed by atoms with van der Waals surface area (Å²) in [4.78, 5) is 11.1. The Bertz CT molecular complexity index is 489. The number of ether oxygens (including phenoxy) is 1. The lowest BCUT2D eigenvalue weighted by Gasteiger charge is -2.27. The predicted octanol–water partition coefficient (Wildman–Crippen LogP) is 2.52. The molecule has 0 amide bonds. The van der Waals surface area contributed by atoms with Crippen LogP contribution in [0.2, 0.25) is 0 Å². The Morgan fingerprint density at radius 3 is 2.95 bits per heavy atom. The summed E-state index contributed by atoms with van der Waals surface area (Å²) in [6.45, 7) is 2.90. The number of phenols is 1. The first-order chi connectivity index (χ1) is 10.1. The number of rotatable bonds is 6. The van der Waals surface area contributed by atoms with Crippen LogP contribution >= 0.6 is 0 Å². The molecule has 1 aromatic rings. The van der Waals surface area contributed by atoms with Crippen LogP contribution in [0, 0.1) is 5.92 Å². The number of aromatic hydroxyl groups is 1. The molecule has 0 heterocycles. The van der Waals surface area contributed by atoms with E-state index in [9.17, 15) is 9.90 Å². The predicted molar refractivity (Wildman–Crippen MR) is 79.5 cm³/mol. The molecule has 0 bridgehead atoms. The monoisotopic (exact) mass is 293 g/mol. The van der Waals surface area contributed by atoms with E-state index >= 15 is 0 Å². The average Bonchev–Trinajstić information content (AvgIpc) is 2.48. The van der Waals surface area contributed by atoms with Crippen LogP contribution in [0.3, 0.4) is 0 Å².